The van der Waals surface area contributed by atoms with Crippen molar-refractivity contribution >= 4 is 0 Å². The van der Waals surface area contributed by atoms with Crippen LogP contribution < -0.4 is 0 Å². The van der Waals surface area contributed by atoms with Crippen molar-refractivity contribution in [3.05, 3.63) is 35.6 Å². The Labute approximate surface area is 99.9 Å². The van der Waals surface area contributed by atoms with E-state index in [2.05, 4.69) is 45.1 Å². The minimum atomic E-state index is 0.174. The van der Waals surface area contributed by atoms with E-state index >= 15 is 0 Å². The fourth-order valence-electron chi connectivity index (χ4n) is 1.78. The molecule has 1 nitrogen and oxygen atoms in total. The molecule has 0 aromatic heterocycles. The van der Waals surface area contributed by atoms with Crippen LogP contribution in [0.2, 0.25) is 0 Å². The summed E-state index contributed by atoms with van der Waals surface area (Å²) in [6, 6.07) is 0. The number of ether oxygens (including phenoxy) is 1. The minimum absolute atomic E-state index is 0.174. The summed E-state index contributed by atoms with van der Waals surface area (Å²) in [7, 11) is 0. The van der Waals surface area contributed by atoms with E-state index in [0.717, 1.165) is 18.8 Å². The Balaban J connectivity index is 0.000000606. The summed E-state index contributed by atoms with van der Waals surface area (Å²) in [5.74, 6) is 1.70. The van der Waals surface area contributed by atoms with Gasteiger partial charge in [0.15, 0.2) is 0 Å². The van der Waals surface area contributed by atoms with Crippen molar-refractivity contribution in [1.29, 1.82) is 0 Å². The molecule has 0 aromatic carbocycles. The molecular formula is C15H24O. The van der Waals surface area contributed by atoms with Crippen LogP contribution in [-0.2, 0) is 4.74 Å². The van der Waals surface area contributed by atoms with Crippen LogP contribution in [0.5, 0.6) is 0 Å². The third-order valence-corrected chi connectivity index (χ3v) is 3.43. The highest BCUT2D eigenvalue weighted by Gasteiger charge is 2.25. The molecule has 0 saturated carbocycles. The Morgan fingerprint density at radius 1 is 1.19 bits per heavy atom. The van der Waals surface area contributed by atoms with Crippen molar-refractivity contribution in [3.8, 4) is 0 Å². The van der Waals surface area contributed by atoms with Crippen molar-refractivity contribution in [2.75, 3.05) is 6.61 Å². The van der Waals surface area contributed by atoms with Crippen LogP contribution >= 0.6 is 0 Å². The lowest BCUT2D eigenvalue weighted by Crippen LogP contribution is -2.17. The summed E-state index contributed by atoms with van der Waals surface area (Å²) < 4.78 is 5.55. The Hall–Kier alpha value is -0.980. The highest BCUT2D eigenvalue weighted by Crippen LogP contribution is 2.35. The van der Waals surface area contributed by atoms with Gasteiger partial charge < -0.3 is 4.74 Å². The third-order valence-electron chi connectivity index (χ3n) is 3.43. The van der Waals surface area contributed by atoms with Crippen LogP contribution in [0.1, 0.15) is 41.0 Å². The van der Waals surface area contributed by atoms with Gasteiger partial charge in [0, 0.05) is 11.8 Å². The monoisotopic (exact) mass is 220 g/mol. The quantitative estimate of drug-likeness (QED) is 0.633. The smallest absolute Gasteiger partial charge is 0.122 e. The van der Waals surface area contributed by atoms with Gasteiger partial charge >= 0.3 is 0 Å². The van der Waals surface area contributed by atoms with Crippen LogP contribution in [0, 0.1) is 11.3 Å². The topological polar surface area (TPSA) is 9.23 Å². The summed E-state index contributed by atoms with van der Waals surface area (Å²) in [5.41, 5.74) is 1.53. The highest BCUT2D eigenvalue weighted by molar-refractivity contribution is 5.37. The molecule has 0 amide bonds. The number of allylic oxidation sites excluding steroid dienone is 4. The van der Waals surface area contributed by atoms with Crippen LogP contribution in [0.15, 0.2) is 35.6 Å². The number of hydrogen-bond donors (Lipinski definition) is 0. The number of rotatable bonds is 1. The summed E-state index contributed by atoms with van der Waals surface area (Å²) in [5, 5.41) is 0. The molecule has 1 unspecified atom stereocenters. The lowest BCUT2D eigenvalue weighted by atomic mass is 9.79. The lowest BCUT2D eigenvalue weighted by molar-refractivity contribution is 0.256. The van der Waals surface area contributed by atoms with E-state index < -0.39 is 0 Å². The number of hydrogen-bond acceptors (Lipinski definition) is 1. The van der Waals surface area contributed by atoms with Crippen molar-refractivity contribution in [1.82, 2.24) is 0 Å². The summed E-state index contributed by atoms with van der Waals surface area (Å²) in [6.45, 7) is 11.6. The zero-order valence-corrected chi connectivity index (χ0v) is 11.2. The first-order valence-corrected chi connectivity index (χ1v) is 6.36. The van der Waals surface area contributed by atoms with Crippen LogP contribution in [-0.4, -0.2) is 6.61 Å². The Morgan fingerprint density at radius 3 is 2.44 bits per heavy atom. The summed E-state index contributed by atoms with van der Waals surface area (Å²) in [6.07, 6.45) is 10.0. The van der Waals surface area contributed by atoms with E-state index in [1.165, 1.54) is 5.57 Å². The van der Waals surface area contributed by atoms with Gasteiger partial charge in [0.25, 0.3) is 0 Å². The first-order chi connectivity index (χ1) is 7.62. The molecule has 0 bridgehead atoms. The Morgan fingerprint density at radius 2 is 1.81 bits per heavy atom. The second-order valence-electron chi connectivity index (χ2n) is 4.68. The molecule has 1 aliphatic heterocycles. The van der Waals surface area contributed by atoms with Gasteiger partial charge in [-0.25, -0.2) is 0 Å². The predicted octanol–water partition coefficient (Wildman–Crippen LogP) is 4.48. The summed E-state index contributed by atoms with van der Waals surface area (Å²) in [4.78, 5) is 0. The van der Waals surface area contributed by atoms with Crippen molar-refractivity contribution in [3.63, 3.8) is 0 Å². The van der Waals surface area contributed by atoms with E-state index in [4.69, 9.17) is 4.74 Å². The molecule has 2 aliphatic rings. The van der Waals surface area contributed by atoms with Gasteiger partial charge in [0.05, 0.1) is 6.61 Å². The van der Waals surface area contributed by atoms with Gasteiger partial charge in [-0.2, -0.15) is 0 Å². The fraction of sp³-hybridized carbons (Fsp3) is 0.600. The van der Waals surface area contributed by atoms with Crippen LogP contribution in [0.3, 0.4) is 0 Å². The van der Waals surface area contributed by atoms with Gasteiger partial charge in [-0.3, -0.25) is 0 Å². The molecule has 0 N–H and O–H groups in total. The maximum atomic E-state index is 5.55. The van der Waals surface area contributed by atoms with Gasteiger partial charge in [-0.05, 0) is 17.6 Å². The molecule has 1 atom stereocenters. The van der Waals surface area contributed by atoms with E-state index in [-0.39, 0.29) is 5.41 Å². The molecule has 90 valence electrons. The van der Waals surface area contributed by atoms with E-state index in [1.54, 1.807) is 0 Å². The second-order valence-corrected chi connectivity index (χ2v) is 4.68. The minimum Gasteiger partial charge on any atom is -0.493 e. The van der Waals surface area contributed by atoms with Crippen LogP contribution in [0.25, 0.3) is 0 Å². The maximum absolute atomic E-state index is 5.55. The van der Waals surface area contributed by atoms with Gasteiger partial charge in [-0.15, -0.1) is 0 Å². The third kappa shape index (κ3) is 2.58. The first-order valence-electron chi connectivity index (χ1n) is 6.36. The van der Waals surface area contributed by atoms with Gasteiger partial charge in [0.1, 0.15) is 5.76 Å². The van der Waals surface area contributed by atoms with E-state index in [9.17, 15) is 0 Å². The average Bonchev–Trinajstić information content (AvgIpc) is 2.67. The molecule has 16 heavy (non-hydrogen) atoms. The van der Waals surface area contributed by atoms with E-state index in [1.807, 2.05) is 13.8 Å². The molecule has 1 heterocycles. The second kappa shape index (κ2) is 5.38. The van der Waals surface area contributed by atoms with Crippen LogP contribution in [0.4, 0.5) is 0 Å². The molecule has 0 radical (unpaired) electrons. The molecule has 2 rings (SSSR count). The first kappa shape index (κ1) is 13.1. The Kier molecular flexibility index (Phi) is 4.40. The zero-order chi connectivity index (χ0) is 12.2. The van der Waals surface area contributed by atoms with Crippen molar-refractivity contribution in [2.45, 2.75) is 41.0 Å². The molecule has 0 aromatic rings. The highest BCUT2D eigenvalue weighted by atomic mass is 16.5. The molecule has 0 saturated heterocycles. The maximum Gasteiger partial charge on any atom is 0.122 e. The van der Waals surface area contributed by atoms with Gasteiger partial charge in [-0.1, -0.05) is 52.8 Å². The zero-order valence-electron chi connectivity index (χ0n) is 11.2. The standard InChI is InChI=1S/C13H18O.C2H6/c1-10(2)13(3)7-4-11-6-9-14-12(11)5-8-13;1-2/h4-5,7-8,10H,6,9H2,1-3H3;1-2H3. The lowest BCUT2D eigenvalue weighted by Gasteiger charge is -2.26. The average molecular weight is 220 g/mol. The van der Waals surface area contributed by atoms with Gasteiger partial charge in [0.2, 0.25) is 0 Å². The normalized spacial score (nSPS) is 27.1. The SMILES string of the molecule is CC.CC(C)C1(C)C=CC2=C(C=C1)OCC2. The molecule has 1 heteroatoms. The van der Waals surface area contributed by atoms with Crippen molar-refractivity contribution < 1.29 is 4.74 Å². The molecule has 1 aliphatic carbocycles. The van der Waals surface area contributed by atoms with Crippen molar-refractivity contribution in [2.24, 2.45) is 11.3 Å². The molecule has 0 spiro atoms. The summed E-state index contributed by atoms with van der Waals surface area (Å²) >= 11 is 0. The fourth-order valence-corrected chi connectivity index (χ4v) is 1.78. The largest absolute Gasteiger partial charge is 0.493 e. The predicted molar refractivity (Wildman–Crippen MR) is 70.2 cm³/mol. The Bertz CT molecular complexity index is 294. The van der Waals surface area contributed by atoms with E-state index in [0.29, 0.717) is 5.92 Å². The molecular weight excluding hydrogens is 196 g/mol. The molecule has 0 fully saturated rings.